The van der Waals surface area contributed by atoms with Gasteiger partial charge in [-0.15, -0.1) is 0 Å². The highest BCUT2D eigenvalue weighted by molar-refractivity contribution is 7.91. The second-order valence-corrected chi connectivity index (χ2v) is 7.24. The fraction of sp³-hybridized carbons (Fsp3) is 0.462. The summed E-state index contributed by atoms with van der Waals surface area (Å²) in [6.45, 7) is 3.33. The van der Waals surface area contributed by atoms with Crippen molar-refractivity contribution in [3.8, 4) is 0 Å². The average Bonchev–Trinajstić information content (AvgIpc) is 2.38. The SMILES string of the molecule is CCC(C)(NCCS(=O)(=O)c1ccc(Cl)cc1)C(=O)O. The number of nitrogens with one attached hydrogen (secondary N) is 1. The third-order valence-corrected chi connectivity index (χ3v) is 5.22. The van der Waals surface area contributed by atoms with Crippen molar-refractivity contribution in [2.45, 2.75) is 30.7 Å². The van der Waals surface area contributed by atoms with E-state index in [-0.39, 0.29) is 17.2 Å². The number of carbonyl (C=O) groups is 1. The van der Waals surface area contributed by atoms with Crippen LogP contribution < -0.4 is 5.32 Å². The number of carboxylic acid groups (broad SMARTS) is 1. The molecule has 0 saturated heterocycles. The number of hydrogen-bond donors (Lipinski definition) is 2. The molecule has 0 aliphatic carbocycles. The summed E-state index contributed by atoms with van der Waals surface area (Å²) in [7, 11) is -3.45. The molecule has 7 heteroatoms. The van der Waals surface area contributed by atoms with Crippen LogP contribution in [-0.4, -0.2) is 37.3 Å². The molecule has 0 heterocycles. The van der Waals surface area contributed by atoms with E-state index in [4.69, 9.17) is 16.7 Å². The number of carboxylic acids is 1. The van der Waals surface area contributed by atoms with E-state index in [0.29, 0.717) is 11.4 Å². The highest BCUT2D eigenvalue weighted by Gasteiger charge is 2.30. The van der Waals surface area contributed by atoms with Gasteiger partial charge in [0, 0.05) is 11.6 Å². The van der Waals surface area contributed by atoms with Crippen LogP contribution in [0.25, 0.3) is 0 Å². The molecule has 0 aromatic heterocycles. The Balaban J connectivity index is 2.69. The molecule has 20 heavy (non-hydrogen) atoms. The Morgan fingerprint density at radius 3 is 2.35 bits per heavy atom. The second-order valence-electron chi connectivity index (χ2n) is 4.69. The van der Waals surface area contributed by atoms with Gasteiger partial charge in [0.2, 0.25) is 0 Å². The second kappa shape index (κ2) is 6.56. The van der Waals surface area contributed by atoms with Crippen molar-refractivity contribution in [3.63, 3.8) is 0 Å². The lowest BCUT2D eigenvalue weighted by molar-refractivity contribution is -0.144. The minimum Gasteiger partial charge on any atom is -0.480 e. The first kappa shape index (κ1) is 16.9. The van der Waals surface area contributed by atoms with Crippen molar-refractivity contribution in [3.05, 3.63) is 29.3 Å². The van der Waals surface area contributed by atoms with Crippen LogP contribution in [0.4, 0.5) is 0 Å². The Kier molecular flexibility index (Phi) is 5.56. The Labute approximate surface area is 123 Å². The van der Waals surface area contributed by atoms with Crippen molar-refractivity contribution in [2.24, 2.45) is 0 Å². The first-order valence-electron chi connectivity index (χ1n) is 6.18. The first-order chi connectivity index (χ1) is 9.21. The molecule has 0 aliphatic heterocycles. The number of sulfone groups is 1. The molecule has 1 rings (SSSR count). The van der Waals surface area contributed by atoms with Gasteiger partial charge in [-0.1, -0.05) is 18.5 Å². The van der Waals surface area contributed by atoms with E-state index in [1.807, 2.05) is 0 Å². The van der Waals surface area contributed by atoms with E-state index in [0.717, 1.165) is 0 Å². The molecule has 0 saturated carbocycles. The van der Waals surface area contributed by atoms with E-state index in [1.165, 1.54) is 31.2 Å². The molecule has 0 amide bonds. The minimum atomic E-state index is -3.45. The average molecular weight is 320 g/mol. The number of rotatable bonds is 7. The summed E-state index contributed by atoms with van der Waals surface area (Å²) >= 11 is 5.71. The Morgan fingerprint density at radius 1 is 1.35 bits per heavy atom. The van der Waals surface area contributed by atoms with Gasteiger partial charge in [0.05, 0.1) is 10.6 Å². The van der Waals surface area contributed by atoms with Gasteiger partial charge in [0.15, 0.2) is 9.84 Å². The highest BCUT2D eigenvalue weighted by Crippen LogP contribution is 2.15. The Hall–Kier alpha value is -1.11. The van der Waals surface area contributed by atoms with Gasteiger partial charge >= 0.3 is 5.97 Å². The zero-order valence-corrected chi connectivity index (χ0v) is 13.0. The summed E-state index contributed by atoms with van der Waals surface area (Å²) in [4.78, 5) is 11.3. The Bertz CT molecular complexity index is 571. The molecule has 0 spiro atoms. The standard InChI is InChI=1S/C13H18ClNO4S/c1-3-13(2,12(16)17)15-8-9-20(18,19)11-6-4-10(14)5-7-11/h4-7,15H,3,8-9H2,1-2H3,(H,16,17). The summed E-state index contributed by atoms with van der Waals surface area (Å²) in [5.74, 6) is -1.17. The minimum absolute atomic E-state index is 0.0710. The maximum Gasteiger partial charge on any atom is 0.323 e. The molecule has 1 atom stereocenters. The molecular formula is C13H18ClNO4S. The zero-order valence-electron chi connectivity index (χ0n) is 11.4. The molecule has 1 unspecified atom stereocenters. The molecule has 1 aromatic carbocycles. The third-order valence-electron chi connectivity index (χ3n) is 3.24. The van der Waals surface area contributed by atoms with Crippen LogP contribution in [0.2, 0.25) is 5.02 Å². The van der Waals surface area contributed by atoms with Crippen LogP contribution in [0, 0.1) is 0 Å². The normalized spacial score (nSPS) is 14.8. The van der Waals surface area contributed by atoms with Gasteiger partial charge in [-0.2, -0.15) is 0 Å². The molecule has 1 aromatic rings. The van der Waals surface area contributed by atoms with Crippen LogP contribution in [0.5, 0.6) is 0 Å². The van der Waals surface area contributed by atoms with E-state index in [1.54, 1.807) is 6.92 Å². The van der Waals surface area contributed by atoms with E-state index < -0.39 is 21.3 Å². The number of halogens is 1. The van der Waals surface area contributed by atoms with Crippen LogP contribution in [0.15, 0.2) is 29.2 Å². The van der Waals surface area contributed by atoms with E-state index in [9.17, 15) is 13.2 Å². The molecule has 0 fully saturated rings. The van der Waals surface area contributed by atoms with Gasteiger partial charge in [-0.25, -0.2) is 8.42 Å². The molecule has 0 aliphatic rings. The van der Waals surface area contributed by atoms with Crippen molar-refractivity contribution < 1.29 is 18.3 Å². The fourth-order valence-corrected chi connectivity index (χ4v) is 2.86. The van der Waals surface area contributed by atoms with E-state index >= 15 is 0 Å². The topological polar surface area (TPSA) is 83.5 Å². The number of benzene rings is 1. The van der Waals surface area contributed by atoms with Crippen LogP contribution in [0.1, 0.15) is 20.3 Å². The summed E-state index contributed by atoms with van der Waals surface area (Å²) in [5, 5.41) is 12.3. The maximum absolute atomic E-state index is 12.1. The smallest absolute Gasteiger partial charge is 0.323 e. The summed E-state index contributed by atoms with van der Waals surface area (Å²) in [5.41, 5.74) is -1.12. The van der Waals surface area contributed by atoms with Gasteiger partial charge in [-0.3, -0.25) is 4.79 Å². The first-order valence-corrected chi connectivity index (χ1v) is 8.21. The van der Waals surface area contributed by atoms with Crippen LogP contribution in [0.3, 0.4) is 0 Å². The van der Waals surface area contributed by atoms with Crippen molar-refractivity contribution >= 4 is 27.4 Å². The lowest BCUT2D eigenvalue weighted by Gasteiger charge is -2.24. The Morgan fingerprint density at radius 2 is 1.90 bits per heavy atom. The number of hydrogen-bond acceptors (Lipinski definition) is 4. The van der Waals surface area contributed by atoms with Crippen molar-refractivity contribution in [2.75, 3.05) is 12.3 Å². The summed E-state index contributed by atoms with van der Waals surface area (Å²) in [6, 6.07) is 5.90. The molecule has 5 nitrogen and oxygen atoms in total. The van der Waals surface area contributed by atoms with Gasteiger partial charge < -0.3 is 10.4 Å². The quantitative estimate of drug-likeness (QED) is 0.802. The monoisotopic (exact) mass is 319 g/mol. The van der Waals surface area contributed by atoms with Crippen LogP contribution >= 0.6 is 11.6 Å². The molecule has 112 valence electrons. The molecule has 2 N–H and O–H groups in total. The van der Waals surface area contributed by atoms with Crippen molar-refractivity contribution in [1.29, 1.82) is 0 Å². The van der Waals surface area contributed by atoms with Gasteiger partial charge in [-0.05, 0) is 37.6 Å². The summed E-state index contributed by atoms with van der Waals surface area (Å²) < 4.78 is 24.1. The van der Waals surface area contributed by atoms with Gasteiger partial charge in [0.25, 0.3) is 0 Å². The predicted molar refractivity (Wildman–Crippen MR) is 77.8 cm³/mol. The fourth-order valence-electron chi connectivity index (χ4n) is 1.57. The van der Waals surface area contributed by atoms with Crippen LogP contribution in [-0.2, 0) is 14.6 Å². The largest absolute Gasteiger partial charge is 0.480 e. The molecule has 0 bridgehead atoms. The number of aliphatic carboxylic acids is 1. The lowest BCUT2D eigenvalue weighted by Crippen LogP contribution is -2.50. The predicted octanol–water partition coefficient (Wildman–Crippen LogP) is 1.96. The molecule has 0 radical (unpaired) electrons. The van der Waals surface area contributed by atoms with Crippen molar-refractivity contribution in [1.82, 2.24) is 5.32 Å². The maximum atomic E-state index is 12.1. The summed E-state index contributed by atoms with van der Waals surface area (Å²) in [6.07, 6.45) is 0.364. The lowest BCUT2D eigenvalue weighted by atomic mass is 9.99. The van der Waals surface area contributed by atoms with Gasteiger partial charge in [0.1, 0.15) is 5.54 Å². The zero-order chi connectivity index (χ0) is 15.4. The highest BCUT2D eigenvalue weighted by atomic mass is 35.5. The third kappa shape index (κ3) is 4.19. The molecular weight excluding hydrogens is 302 g/mol. The van der Waals surface area contributed by atoms with E-state index in [2.05, 4.69) is 5.32 Å².